The van der Waals surface area contributed by atoms with E-state index >= 15 is 0 Å². The van der Waals surface area contributed by atoms with Crippen LogP contribution >= 0.6 is 0 Å². The van der Waals surface area contributed by atoms with Gasteiger partial charge in [-0.3, -0.25) is 4.68 Å². The number of nitrogens with one attached hydrogen (secondary N) is 1. The summed E-state index contributed by atoms with van der Waals surface area (Å²) in [5, 5.41) is 9.73. The van der Waals surface area contributed by atoms with Crippen molar-refractivity contribution in [1.82, 2.24) is 15.1 Å². The van der Waals surface area contributed by atoms with Crippen molar-refractivity contribution in [3.8, 4) is 0 Å². The van der Waals surface area contributed by atoms with E-state index in [1.165, 1.54) is 35.9 Å². The maximum absolute atomic E-state index is 4.78. The van der Waals surface area contributed by atoms with Crippen molar-refractivity contribution in [2.75, 3.05) is 6.54 Å². The van der Waals surface area contributed by atoms with Crippen molar-refractivity contribution in [3.05, 3.63) is 30.0 Å². The third-order valence-corrected chi connectivity index (χ3v) is 4.24. The van der Waals surface area contributed by atoms with E-state index in [0.29, 0.717) is 0 Å². The van der Waals surface area contributed by atoms with Crippen LogP contribution in [-0.4, -0.2) is 22.4 Å². The highest BCUT2D eigenvalue weighted by Gasteiger charge is 2.21. The highest BCUT2D eigenvalue weighted by atomic mass is 15.3. The van der Waals surface area contributed by atoms with Crippen LogP contribution in [0.15, 0.2) is 24.3 Å². The molecule has 0 spiro atoms. The Balaban J connectivity index is 1.64. The van der Waals surface area contributed by atoms with Crippen molar-refractivity contribution >= 4 is 10.9 Å². The molecule has 3 rings (SSSR count). The summed E-state index contributed by atoms with van der Waals surface area (Å²) in [6.45, 7) is 6.59. The first kappa shape index (κ1) is 13.6. The van der Waals surface area contributed by atoms with Gasteiger partial charge in [0, 0.05) is 18.0 Å². The van der Waals surface area contributed by atoms with Crippen LogP contribution < -0.4 is 5.32 Å². The highest BCUT2D eigenvalue weighted by molar-refractivity contribution is 5.81. The molecule has 0 radical (unpaired) electrons. The first-order valence-electron chi connectivity index (χ1n) is 7.95. The molecule has 0 aliphatic heterocycles. The van der Waals surface area contributed by atoms with Gasteiger partial charge in [-0.25, -0.2) is 0 Å². The molecule has 3 nitrogen and oxygen atoms in total. The average Bonchev–Trinajstić information content (AvgIpc) is 3.24. The molecular weight excluding hydrogens is 246 g/mol. The van der Waals surface area contributed by atoms with Crippen LogP contribution in [-0.2, 0) is 13.0 Å². The molecule has 0 saturated heterocycles. The molecule has 1 heterocycles. The van der Waals surface area contributed by atoms with Crippen molar-refractivity contribution in [3.63, 3.8) is 0 Å². The fourth-order valence-corrected chi connectivity index (χ4v) is 2.76. The van der Waals surface area contributed by atoms with Crippen LogP contribution in [0.3, 0.4) is 0 Å². The predicted octanol–water partition coefficient (Wildman–Crippen LogP) is 3.38. The van der Waals surface area contributed by atoms with Gasteiger partial charge in [-0.2, -0.15) is 5.10 Å². The predicted molar refractivity (Wildman–Crippen MR) is 83.9 cm³/mol. The molecule has 0 bridgehead atoms. The Morgan fingerprint density at radius 3 is 2.90 bits per heavy atom. The topological polar surface area (TPSA) is 29.9 Å². The summed E-state index contributed by atoms with van der Waals surface area (Å²) in [7, 11) is 0. The zero-order valence-corrected chi connectivity index (χ0v) is 12.6. The van der Waals surface area contributed by atoms with Gasteiger partial charge in [0.25, 0.3) is 0 Å². The zero-order valence-electron chi connectivity index (χ0n) is 12.6. The average molecular weight is 271 g/mol. The van der Waals surface area contributed by atoms with Gasteiger partial charge in [-0.15, -0.1) is 0 Å². The van der Waals surface area contributed by atoms with E-state index in [2.05, 4.69) is 48.1 Å². The number of nitrogens with zero attached hydrogens (tertiary/aromatic N) is 2. The van der Waals surface area contributed by atoms with Gasteiger partial charge in [-0.05, 0) is 51.1 Å². The minimum absolute atomic E-state index is 0.723. The van der Waals surface area contributed by atoms with E-state index < -0.39 is 0 Å². The lowest BCUT2D eigenvalue weighted by molar-refractivity contribution is 0.476. The van der Waals surface area contributed by atoms with E-state index in [4.69, 9.17) is 5.10 Å². The number of para-hydroxylation sites is 1. The third kappa shape index (κ3) is 3.04. The van der Waals surface area contributed by atoms with Crippen LogP contribution in [0, 0.1) is 5.92 Å². The summed E-state index contributed by atoms with van der Waals surface area (Å²) in [6.07, 6.45) is 5.04. The van der Waals surface area contributed by atoms with E-state index in [1.54, 1.807) is 0 Å². The molecule has 1 saturated carbocycles. The van der Waals surface area contributed by atoms with Gasteiger partial charge in [-0.1, -0.05) is 25.1 Å². The Hall–Kier alpha value is -1.35. The van der Waals surface area contributed by atoms with Crippen LogP contribution in [0.2, 0.25) is 0 Å². The van der Waals surface area contributed by atoms with Gasteiger partial charge in [0.05, 0.1) is 11.2 Å². The molecule has 3 heteroatoms. The maximum atomic E-state index is 4.78. The second-order valence-corrected chi connectivity index (χ2v) is 6.11. The molecule has 1 aromatic carbocycles. The normalized spacial score (nSPS) is 16.7. The Morgan fingerprint density at radius 2 is 2.15 bits per heavy atom. The van der Waals surface area contributed by atoms with Gasteiger partial charge >= 0.3 is 0 Å². The van der Waals surface area contributed by atoms with E-state index in [0.717, 1.165) is 31.5 Å². The minimum atomic E-state index is 0.723. The molecular formula is C17H25N3. The number of hydrogen-bond donors (Lipinski definition) is 1. The lowest BCUT2D eigenvalue weighted by atomic mass is 10.0. The fourth-order valence-electron chi connectivity index (χ4n) is 2.76. The van der Waals surface area contributed by atoms with Crippen LogP contribution in [0.4, 0.5) is 0 Å². The van der Waals surface area contributed by atoms with Crippen LogP contribution in [0.25, 0.3) is 10.9 Å². The van der Waals surface area contributed by atoms with Crippen molar-refractivity contribution < 1.29 is 0 Å². The highest BCUT2D eigenvalue weighted by Crippen LogP contribution is 2.22. The molecule has 1 aliphatic carbocycles. The second kappa shape index (κ2) is 5.96. The SMILES string of the molecule is CCn1nc(CCC(C)CNC2CC2)c2ccccc21. The molecule has 1 unspecified atom stereocenters. The summed E-state index contributed by atoms with van der Waals surface area (Å²) in [5.41, 5.74) is 2.54. The zero-order chi connectivity index (χ0) is 13.9. The smallest absolute Gasteiger partial charge is 0.0703 e. The molecule has 1 atom stereocenters. The Kier molecular flexibility index (Phi) is 4.06. The Bertz CT molecular complexity index is 569. The third-order valence-electron chi connectivity index (χ3n) is 4.24. The second-order valence-electron chi connectivity index (χ2n) is 6.11. The molecule has 108 valence electrons. The van der Waals surface area contributed by atoms with Gasteiger partial charge in [0.15, 0.2) is 0 Å². The van der Waals surface area contributed by atoms with Crippen LogP contribution in [0.5, 0.6) is 0 Å². The molecule has 1 fully saturated rings. The maximum Gasteiger partial charge on any atom is 0.0703 e. The molecule has 2 aromatic rings. The number of aryl methyl sites for hydroxylation is 2. The quantitative estimate of drug-likeness (QED) is 0.836. The lowest BCUT2D eigenvalue weighted by Gasteiger charge is -2.11. The van der Waals surface area contributed by atoms with Gasteiger partial charge in [0.2, 0.25) is 0 Å². The number of rotatable bonds is 7. The number of aromatic nitrogens is 2. The van der Waals surface area contributed by atoms with E-state index in [1.807, 2.05) is 0 Å². The summed E-state index contributed by atoms with van der Waals surface area (Å²) in [5.74, 6) is 0.723. The monoisotopic (exact) mass is 271 g/mol. The van der Waals surface area contributed by atoms with Gasteiger partial charge in [0.1, 0.15) is 0 Å². The first-order valence-corrected chi connectivity index (χ1v) is 7.95. The summed E-state index contributed by atoms with van der Waals surface area (Å²) in [4.78, 5) is 0. The minimum Gasteiger partial charge on any atom is -0.314 e. The Labute approximate surface area is 121 Å². The van der Waals surface area contributed by atoms with E-state index in [9.17, 15) is 0 Å². The first-order chi connectivity index (χ1) is 9.78. The number of hydrogen-bond acceptors (Lipinski definition) is 2. The van der Waals surface area contributed by atoms with Gasteiger partial charge < -0.3 is 5.32 Å². The molecule has 1 aliphatic rings. The summed E-state index contributed by atoms with van der Waals surface area (Å²) >= 11 is 0. The number of fused-ring (bicyclic) bond motifs is 1. The standard InChI is InChI=1S/C17H25N3/c1-3-20-17-7-5-4-6-15(17)16(19-20)11-8-13(2)12-18-14-9-10-14/h4-7,13-14,18H,3,8-12H2,1-2H3. The van der Waals surface area contributed by atoms with Crippen molar-refractivity contribution in [2.24, 2.45) is 5.92 Å². The van der Waals surface area contributed by atoms with Crippen molar-refractivity contribution in [2.45, 2.75) is 52.1 Å². The van der Waals surface area contributed by atoms with E-state index in [-0.39, 0.29) is 0 Å². The van der Waals surface area contributed by atoms with Crippen molar-refractivity contribution in [1.29, 1.82) is 0 Å². The molecule has 1 aromatic heterocycles. The van der Waals surface area contributed by atoms with Crippen LogP contribution in [0.1, 0.15) is 38.8 Å². The fraction of sp³-hybridized carbons (Fsp3) is 0.588. The Morgan fingerprint density at radius 1 is 1.35 bits per heavy atom. The molecule has 1 N–H and O–H groups in total. The lowest BCUT2D eigenvalue weighted by Crippen LogP contribution is -2.23. The molecule has 20 heavy (non-hydrogen) atoms. The summed E-state index contributed by atoms with van der Waals surface area (Å²) < 4.78 is 2.12. The number of benzene rings is 1. The summed E-state index contributed by atoms with van der Waals surface area (Å²) in [6, 6.07) is 9.41. The largest absolute Gasteiger partial charge is 0.314 e. The molecule has 0 amide bonds.